The minimum Gasteiger partial charge on any atom is -0.378 e. The number of halogens is 4. The Morgan fingerprint density at radius 1 is 1.40 bits per heavy atom. The first-order valence-electron chi connectivity index (χ1n) is 6.62. The van der Waals surface area contributed by atoms with Gasteiger partial charge in [-0.3, -0.25) is 0 Å². The first-order valence-corrected chi connectivity index (χ1v) is 7.41. The molecule has 112 valence electrons. The van der Waals surface area contributed by atoms with Crippen molar-refractivity contribution in [1.82, 2.24) is 0 Å². The molecule has 2 unspecified atom stereocenters. The lowest BCUT2D eigenvalue weighted by molar-refractivity contribution is -0.138. The van der Waals surface area contributed by atoms with E-state index in [-0.39, 0.29) is 10.6 Å². The quantitative estimate of drug-likeness (QED) is 0.870. The van der Waals surface area contributed by atoms with E-state index in [1.165, 1.54) is 6.07 Å². The molecular weight excluding hydrogens is 335 g/mol. The molecule has 2 N–H and O–H groups in total. The van der Waals surface area contributed by atoms with E-state index in [2.05, 4.69) is 15.9 Å². The van der Waals surface area contributed by atoms with Crippen LogP contribution >= 0.6 is 15.9 Å². The zero-order chi connectivity index (χ0) is 14.8. The van der Waals surface area contributed by atoms with E-state index in [1.807, 2.05) is 0 Å². The Balaban J connectivity index is 2.03. The van der Waals surface area contributed by atoms with Crippen LogP contribution in [-0.2, 0) is 10.9 Å². The van der Waals surface area contributed by atoms with E-state index in [0.29, 0.717) is 12.0 Å². The fourth-order valence-corrected chi connectivity index (χ4v) is 2.87. The van der Waals surface area contributed by atoms with Crippen LogP contribution in [0.1, 0.15) is 42.9 Å². The predicted octanol–water partition coefficient (Wildman–Crippen LogP) is 4.43. The summed E-state index contributed by atoms with van der Waals surface area (Å²) in [4.78, 5) is 0. The van der Waals surface area contributed by atoms with Crippen LogP contribution in [0.25, 0.3) is 0 Å². The summed E-state index contributed by atoms with van der Waals surface area (Å²) in [6.07, 6.45) is -0.679. The van der Waals surface area contributed by atoms with Gasteiger partial charge in [0, 0.05) is 17.1 Å². The highest BCUT2D eigenvalue weighted by Gasteiger charge is 2.33. The van der Waals surface area contributed by atoms with Crippen molar-refractivity contribution in [3.05, 3.63) is 33.8 Å². The van der Waals surface area contributed by atoms with Crippen molar-refractivity contribution in [2.24, 2.45) is 5.73 Å². The van der Waals surface area contributed by atoms with Crippen molar-refractivity contribution in [1.29, 1.82) is 0 Å². The second-order valence-corrected chi connectivity index (χ2v) is 5.91. The highest BCUT2D eigenvalue weighted by Crippen LogP contribution is 2.36. The summed E-state index contributed by atoms with van der Waals surface area (Å²) >= 11 is 2.93. The van der Waals surface area contributed by atoms with Gasteiger partial charge in [-0.2, -0.15) is 13.2 Å². The first-order chi connectivity index (χ1) is 9.38. The zero-order valence-electron chi connectivity index (χ0n) is 10.9. The number of nitrogens with two attached hydrogens (primary N) is 1. The molecule has 1 fully saturated rings. The van der Waals surface area contributed by atoms with Crippen LogP contribution in [0.4, 0.5) is 13.2 Å². The molecule has 1 aromatic rings. The largest absolute Gasteiger partial charge is 0.417 e. The molecule has 0 amide bonds. The number of benzene rings is 1. The summed E-state index contributed by atoms with van der Waals surface area (Å²) in [5.74, 6) is 0. The van der Waals surface area contributed by atoms with Crippen LogP contribution in [0, 0.1) is 0 Å². The van der Waals surface area contributed by atoms with Crippen LogP contribution in [0.5, 0.6) is 0 Å². The lowest BCUT2D eigenvalue weighted by Crippen LogP contribution is -2.16. The van der Waals surface area contributed by atoms with E-state index in [4.69, 9.17) is 10.5 Å². The number of hydrogen-bond acceptors (Lipinski definition) is 2. The maximum atomic E-state index is 12.8. The second kappa shape index (κ2) is 6.45. The van der Waals surface area contributed by atoms with Gasteiger partial charge in [0.1, 0.15) is 0 Å². The summed E-state index contributed by atoms with van der Waals surface area (Å²) in [6.45, 7) is 0.774. The van der Waals surface area contributed by atoms with Crippen molar-refractivity contribution < 1.29 is 17.9 Å². The first kappa shape index (κ1) is 15.8. The number of ether oxygens (including phenoxy) is 1. The molecule has 0 saturated carbocycles. The van der Waals surface area contributed by atoms with Gasteiger partial charge >= 0.3 is 6.18 Å². The maximum absolute atomic E-state index is 12.8. The molecule has 1 saturated heterocycles. The van der Waals surface area contributed by atoms with Gasteiger partial charge in [-0.25, -0.2) is 0 Å². The second-order valence-electron chi connectivity index (χ2n) is 5.06. The molecular formula is C14H17BrF3NO. The van der Waals surface area contributed by atoms with Gasteiger partial charge in [-0.1, -0.05) is 22.0 Å². The molecule has 0 spiro atoms. The van der Waals surface area contributed by atoms with Crippen LogP contribution in [-0.4, -0.2) is 12.7 Å². The molecule has 0 aliphatic carbocycles. The Kier molecular flexibility index (Phi) is 5.09. The number of hydrogen-bond donors (Lipinski definition) is 1. The predicted molar refractivity (Wildman–Crippen MR) is 74.3 cm³/mol. The van der Waals surface area contributed by atoms with E-state index in [9.17, 15) is 13.2 Å². The molecule has 1 aromatic carbocycles. The molecule has 1 heterocycles. The van der Waals surface area contributed by atoms with Gasteiger partial charge in [0.05, 0.1) is 11.7 Å². The monoisotopic (exact) mass is 351 g/mol. The molecule has 1 aliphatic heterocycles. The maximum Gasteiger partial charge on any atom is 0.417 e. The fraction of sp³-hybridized carbons (Fsp3) is 0.571. The third-order valence-corrected chi connectivity index (χ3v) is 4.24. The van der Waals surface area contributed by atoms with Crippen molar-refractivity contribution >= 4 is 15.9 Å². The molecule has 20 heavy (non-hydrogen) atoms. The van der Waals surface area contributed by atoms with Gasteiger partial charge in [0.25, 0.3) is 0 Å². The van der Waals surface area contributed by atoms with Crippen LogP contribution in [0.15, 0.2) is 22.7 Å². The summed E-state index contributed by atoms with van der Waals surface area (Å²) in [5.41, 5.74) is 5.83. The molecule has 0 aromatic heterocycles. The van der Waals surface area contributed by atoms with E-state index >= 15 is 0 Å². The Morgan fingerprint density at radius 2 is 2.15 bits per heavy atom. The van der Waals surface area contributed by atoms with Gasteiger partial charge in [0.2, 0.25) is 0 Å². The smallest absolute Gasteiger partial charge is 0.378 e. The number of alkyl halides is 3. The standard InChI is InChI=1S/C14H17BrF3NO/c15-12-5-3-9(8-11(12)14(16,17)18)13(19)6-4-10-2-1-7-20-10/h3,5,8,10,13H,1-2,4,6-7,19H2. The molecule has 2 nitrogen and oxygen atoms in total. The van der Waals surface area contributed by atoms with Crippen molar-refractivity contribution in [2.45, 2.75) is 44.0 Å². The topological polar surface area (TPSA) is 35.2 Å². The highest BCUT2D eigenvalue weighted by atomic mass is 79.9. The van der Waals surface area contributed by atoms with E-state index < -0.39 is 17.8 Å². The zero-order valence-corrected chi connectivity index (χ0v) is 12.5. The lowest BCUT2D eigenvalue weighted by atomic mass is 9.98. The average Bonchev–Trinajstić information content (AvgIpc) is 2.88. The number of rotatable bonds is 4. The van der Waals surface area contributed by atoms with Crippen molar-refractivity contribution in [3.63, 3.8) is 0 Å². The Morgan fingerprint density at radius 3 is 2.75 bits per heavy atom. The molecule has 0 radical (unpaired) electrons. The summed E-state index contributed by atoms with van der Waals surface area (Å²) in [5, 5.41) is 0. The Bertz CT molecular complexity index is 458. The van der Waals surface area contributed by atoms with Crippen LogP contribution in [0.3, 0.4) is 0 Å². The normalized spacial score (nSPS) is 21.1. The third-order valence-electron chi connectivity index (χ3n) is 3.55. The third kappa shape index (κ3) is 3.96. The van der Waals surface area contributed by atoms with Crippen molar-refractivity contribution in [3.8, 4) is 0 Å². The molecule has 2 atom stereocenters. The van der Waals surface area contributed by atoms with Crippen LogP contribution in [0.2, 0.25) is 0 Å². The molecule has 1 aliphatic rings. The Labute approximate surface area is 124 Å². The SMILES string of the molecule is NC(CCC1CCCO1)c1ccc(Br)c(C(F)(F)F)c1. The minimum atomic E-state index is -4.37. The average molecular weight is 352 g/mol. The molecule has 0 bridgehead atoms. The van der Waals surface area contributed by atoms with E-state index in [1.54, 1.807) is 6.07 Å². The van der Waals surface area contributed by atoms with Crippen LogP contribution < -0.4 is 5.73 Å². The summed E-state index contributed by atoms with van der Waals surface area (Å²) < 4.78 is 44.0. The van der Waals surface area contributed by atoms with Gasteiger partial charge in [-0.15, -0.1) is 0 Å². The van der Waals surface area contributed by atoms with Gasteiger partial charge < -0.3 is 10.5 Å². The Hall–Kier alpha value is -0.590. The van der Waals surface area contributed by atoms with Gasteiger partial charge in [-0.05, 0) is 43.4 Å². The lowest BCUT2D eigenvalue weighted by Gasteiger charge is -2.17. The summed E-state index contributed by atoms with van der Waals surface area (Å²) in [7, 11) is 0. The van der Waals surface area contributed by atoms with Crippen molar-refractivity contribution in [2.75, 3.05) is 6.61 Å². The highest BCUT2D eigenvalue weighted by molar-refractivity contribution is 9.10. The van der Waals surface area contributed by atoms with E-state index in [0.717, 1.165) is 31.9 Å². The fourth-order valence-electron chi connectivity index (χ4n) is 2.39. The minimum absolute atomic E-state index is 0.0417. The van der Waals surface area contributed by atoms with Gasteiger partial charge in [0.15, 0.2) is 0 Å². The molecule has 6 heteroatoms. The summed E-state index contributed by atoms with van der Waals surface area (Å²) in [6, 6.07) is 3.78. The molecule has 2 rings (SSSR count).